The summed E-state index contributed by atoms with van der Waals surface area (Å²) in [7, 11) is -3.91. The van der Waals surface area contributed by atoms with Crippen LogP contribution in [0.15, 0.2) is 68.9 Å². The Morgan fingerprint density at radius 1 is 1.00 bits per heavy atom. The molecule has 1 aliphatic heterocycles. The zero-order valence-corrected chi connectivity index (χ0v) is 18.8. The van der Waals surface area contributed by atoms with E-state index in [-0.39, 0.29) is 33.5 Å². The number of halogens is 1. The van der Waals surface area contributed by atoms with Crippen LogP contribution < -0.4 is 4.90 Å². The normalized spacial score (nSPS) is 16.9. The van der Waals surface area contributed by atoms with Crippen LogP contribution >= 0.6 is 11.6 Å². The Bertz CT molecular complexity index is 1250. The minimum atomic E-state index is -3.91. The number of hydrogen-bond donors (Lipinski definition) is 0. The lowest BCUT2D eigenvalue weighted by atomic mass is 10.2. The van der Waals surface area contributed by atoms with Crippen molar-refractivity contribution in [2.75, 3.05) is 31.1 Å². The zero-order valence-electron chi connectivity index (χ0n) is 17.3. The number of carbonyl (C=O) groups is 1. The summed E-state index contributed by atoms with van der Waals surface area (Å²) < 4.78 is 32.9. The van der Waals surface area contributed by atoms with Crippen LogP contribution in [0.1, 0.15) is 12.8 Å². The Balaban J connectivity index is 1.51. The van der Waals surface area contributed by atoms with Gasteiger partial charge in [-0.15, -0.1) is 0 Å². The van der Waals surface area contributed by atoms with Crippen LogP contribution in [0.4, 0.5) is 5.88 Å². The summed E-state index contributed by atoms with van der Waals surface area (Å²) in [6, 6.07) is 15.1. The molecule has 1 saturated heterocycles. The smallest absolute Gasteiger partial charge is 0.236 e. The average Bonchev–Trinajstić information content (AvgIpc) is 3.56. The van der Waals surface area contributed by atoms with Gasteiger partial charge in [0, 0.05) is 42.7 Å². The topological polar surface area (TPSA) is 83.7 Å². The first-order valence-corrected chi connectivity index (χ1v) is 12.4. The highest BCUT2D eigenvalue weighted by Crippen LogP contribution is 2.36. The van der Waals surface area contributed by atoms with Gasteiger partial charge in [0.15, 0.2) is 0 Å². The van der Waals surface area contributed by atoms with E-state index in [2.05, 4.69) is 4.98 Å². The van der Waals surface area contributed by atoms with E-state index in [9.17, 15) is 13.2 Å². The van der Waals surface area contributed by atoms with Gasteiger partial charge in [-0.2, -0.15) is 4.98 Å². The standard InChI is InChI=1S/C23H22ClN3O4S/c24-18-6-4-5-17(15-18)20-25-21(32(29,30)19-7-2-1-3-8-19)23(31-20)27-13-11-26(12-14-27)22(28)16-9-10-16/h1-8,15-16H,9-14H2. The predicted octanol–water partition coefficient (Wildman–Crippen LogP) is 3.89. The molecule has 1 saturated carbocycles. The number of amides is 1. The SMILES string of the molecule is O=C(C1CC1)N1CCN(c2oc(-c3cccc(Cl)c3)nc2S(=O)(=O)c2ccccc2)CC1. The summed E-state index contributed by atoms with van der Waals surface area (Å²) in [4.78, 5) is 20.7. The third-order valence-corrected chi connectivity index (χ3v) is 7.67. The zero-order chi connectivity index (χ0) is 22.3. The summed E-state index contributed by atoms with van der Waals surface area (Å²) >= 11 is 6.12. The molecule has 0 atom stereocenters. The van der Waals surface area contributed by atoms with Crippen molar-refractivity contribution < 1.29 is 17.6 Å². The molecule has 2 heterocycles. The number of nitrogens with zero attached hydrogens (tertiary/aromatic N) is 3. The van der Waals surface area contributed by atoms with E-state index in [0.29, 0.717) is 36.8 Å². The average molecular weight is 472 g/mol. The first-order valence-electron chi connectivity index (χ1n) is 10.5. The molecule has 0 bridgehead atoms. The molecule has 32 heavy (non-hydrogen) atoms. The maximum atomic E-state index is 13.4. The van der Waals surface area contributed by atoms with Crippen molar-refractivity contribution in [3.05, 3.63) is 59.6 Å². The van der Waals surface area contributed by atoms with Crippen molar-refractivity contribution in [3.63, 3.8) is 0 Å². The van der Waals surface area contributed by atoms with E-state index in [1.807, 2.05) is 9.80 Å². The molecule has 0 spiro atoms. The molecular formula is C23H22ClN3O4S. The van der Waals surface area contributed by atoms with Crippen molar-refractivity contribution in [3.8, 4) is 11.5 Å². The fourth-order valence-electron chi connectivity index (χ4n) is 3.85. The molecule has 9 heteroatoms. The summed E-state index contributed by atoms with van der Waals surface area (Å²) in [5.74, 6) is 0.741. The fourth-order valence-corrected chi connectivity index (χ4v) is 5.38. The molecule has 1 aromatic heterocycles. The Labute approximate surface area is 191 Å². The molecular weight excluding hydrogens is 450 g/mol. The minimum Gasteiger partial charge on any atom is -0.419 e. The van der Waals surface area contributed by atoms with Crippen LogP contribution in [0.25, 0.3) is 11.5 Å². The second-order valence-corrected chi connectivity index (χ2v) is 10.3. The minimum absolute atomic E-state index is 0.124. The molecule has 7 nitrogen and oxygen atoms in total. The number of piperazine rings is 1. The lowest BCUT2D eigenvalue weighted by Gasteiger charge is -2.34. The Morgan fingerprint density at radius 2 is 1.72 bits per heavy atom. The van der Waals surface area contributed by atoms with E-state index in [4.69, 9.17) is 16.0 Å². The predicted molar refractivity (Wildman–Crippen MR) is 120 cm³/mol. The molecule has 2 aromatic carbocycles. The quantitative estimate of drug-likeness (QED) is 0.561. The van der Waals surface area contributed by atoms with Crippen LogP contribution in [0, 0.1) is 5.92 Å². The first-order chi connectivity index (χ1) is 15.4. The number of carbonyl (C=O) groups excluding carboxylic acids is 1. The van der Waals surface area contributed by atoms with Crippen molar-refractivity contribution >= 4 is 33.2 Å². The van der Waals surface area contributed by atoms with Crippen LogP contribution in [-0.2, 0) is 14.6 Å². The first kappa shape index (κ1) is 21.0. The Kier molecular flexibility index (Phi) is 5.43. The van der Waals surface area contributed by atoms with Gasteiger partial charge in [0.25, 0.3) is 0 Å². The molecule has 3 aromatic rings. The van der Waals surface area contributed by atoms with Crippen LogP contribution in [0.3, 0.4) is 0 Å². The third kappa shape index (κ3) is 4.00. The Morgan fingerprint density at radius 3 is 2.38 bits per heavy atom. The van der Waals surface area contributed by atoms with Gasteiger partial charge in [0.2, 0.25) is 32.5 Å². The molecule has 0 unspecified atom stereocenters. The molecule has 0 radical (unpaired) electrons. The van der Waals surface area contributed by atoms with Gasteiger partial charge in [-0.05, 0) is 43.2 Å². The number of oxazole rings is 1. The van der Waals surface area contributed by atoms with Gasteiger partial charge in [-0.3, -0.25) is 4.79 Å². The number of rotatable bonds is 5. The number of aromatic nitrogens is 1. The van der Waals surface area contributed by atoms with Crippen molar-refractivity contribution in [1.82, 2.24) is 9.88 Å². The molecule has 2 aliphatic rings. The molecule has 1 amide bonds. The fraction of sp³-hybridized carbons (Fsp3) is 0.304. The van der Waals surface area contributed by atoms with Crippen molar-refractivity contribution in [2.24, 2.45) is 5.92 Å². The maximum absolute atomic E-state index is 13.4. The van der Waals surface area contributed by atoms with Gasteiger partial charge in [0.05, 0.1) is 4.90 Å². The molecule has 1 aliphatic carbocycles. The molecule has 2 fully saturated rings. The largest absolute Gasteiger partial charge is 0.419 e. The van der Waals surface area contributed by atoms with E-state index in [1.165, 1.54) is 0 Å². The summed E-state index contributed by atoms with van der Waals surface area (Å²) in [6.07, 6.45) is 1.92. The summed E-state index contributed by atoms with van der Waals surface area (Å²) in [5.41, 5.74) is 0.593. The van der Waals surface area contributed by atoms with E-state index < -0.39 is 9.84 Å². The van der Waals surface area contributed by atoms with E-state index >= 15 is 0 Å². The number of benzene rings is 2. The van der Waals surface area contributed by atoms with Crippen molar-refractivity contribution in [1.29, 1.82) is 0 Å². The van der Waals surface area contributed by atoms with Crippen molar-refractivity contribution in [2.45, 2.75) is 22.8 Å². The highest BCUT2D eigenvalue weighted by atomic mass is 35.5. The molecule has 5 rings (SSSR count). The number of hydrogen-bond acceptors (Lipinski definition) is 6. The van der Waals surface area contributed by atoms with Crippen LogP contribution in [0.2, 0.25) is 5.02 Å². The lowest BCUT2D eigenvalue weighted by Crippen LogP contribution is -2.49. The van der Waals surface area contributed by atoms with E-state index in [1.54, 1.807) is 54.6 Å². The lowest BCUT2D eigenvalue weighted by molar-refractivity contribution is -0.132. The van der Waals surface area contributed by atoms with Gasteiger partial charge in [-0.1, -0.05) is 35.9 Å². The summed E-state index contributed by atoms with van der Waals surface area (Å²) in [5, 5.41) is 0.377. The highest BCUT2D eigenvalue weighted by Gasteiger charge is 2.37. The number of sulfone groups is 1. The highest BCUT2D eigenvalue weighted by molar-refractivity contribution is 7.91. The third-order valence-electron chi connectivity index (χ3n) is 5.76. The van der Waals surface area contributed by atoms with Gasteiger partial charge in [-0.25, -0.2) is 8.42 Å². The van der Waals surface area contributed by atoms with Crippen LogP contribution in [-0.4, -0.2) is 50.4 Å². The second kappa shape index (κ2) is 8.26. The van der Waals surface area contributed by atoms with E-state index in [0.717, 1.165) is 12.8 Å². The molecule has 0 N–H and O–H groups in total. The monoisotopic (exact) mass is 471 g/mol. The van der Waals surface area contributed by atoms with Gasteiger partial charge >= 0.3 is 0 Å². The van der Waals surface area contributed by atoms with Gasteiger partial charge in [0.1, 0.15) is 0 Å². The maximum Gasteiger partial charge on any atom is 0.236 e. The molecule has 166 valence electrons. The van der Waals surface area contributed by atoms with Crippen LogP contribution in [0.5, 0.6) is 0 Å². The van der Waals surface area contributed by atoms with Gasteiger partial charge < -0.3 is 14.2 Å². The number of anilines is 1. The Hall–Kier alpha value is -2.84. The second-order valence-electron chi connectivity index (χ2n) is 8.04. The summed E-state index contributed by atoms with van der Waals surface area (Å²) in [6.45, 7) is 1.99.